The number of imidazole rings is 1. The highest BCUT2D eigenvalue weighted by molar-refractivity contribution is 5.94. The molecule has 4 atom stereocenters. The molecular formula is C21H38N10O6. The van der Waals surface area contributed by atoms with E-state index in [-0.39, 0.29) is 38.2 Å². The summed E-state index contributed by atoms with van der Waals surface area (Å²) in [4.78, 5) is 60.3. The van der Waals surface area contributed by atoms with E-state index in [9.17, 15) is 24.3 Å². The molecule has 208 valence electrons. The molecule has 14 N–H and O–H groups in total. The van der Waals surface area contributed by atoms with Crippen LogP contribution in [0.25, 0.3) is 0 Å². The minimum absolute atomic E-state index is 0.0505. The van der Waals surface area contributed by atoms with Crippen LogP contribution in [0, 0.1) is 0 Å². The smallest absolute Gasteiger partial charge is 0.328 e. The van der Waals surface area contributed by atoms with E-state index in [0.29, 0.717) is 25.1 Å². The van der Waals surface area contributed by atoms with Crippen LogP contribution >= 0.6 is 0 Å². The number of aliphatic carboxylic acids is 1. The van der Waals surface area contributed by atoms with E-state index >= 15 is 0 Å². The molecule has 0 aromatic carbocycles. The zero-order valence-electron chi connectivity index (χ0n) is 20.6. The van der Waals surface area contributed by atoms with E-state index in [1.165, 1.54) is 12.5 Å². The lowest BCUT2D eigenvalue weighted by atomic mass is 10.0. The second-order valence-electron chi connectivity index (χ2n) is 8.33. The molecule has 0 fully saturated rings. The molecule has 4 unspecified atom stereocenters. The van der Waals surface area contributed by atoms with Crippen LogP contribution in [-0.4, -0.2) is 93.7 Å². The number of nitrogens with zero attached hydrogens (tertiary/aromatic N) is 2. The minimum Gasteiger partial charge on any atom is -0.480 e. The Kier molecular flexibility index (Phi) is 14.2. The van der Waals surface area contributed by atoms with Crippen LogP contribution in [0.15, 0.2) is 17.5 Å². The van der Waals surface area contributed by atoms with Crippen LogP contribution in [0.1, 0.15) is 37.8 Å². The number of carboxylic acid groups (broad SMARTS) is 1. The van der Waals surface area contributed by atoms with Gasteiger partial charge in [-0.3, -0.25) is 19.4 Å². The molecular weight excluding hydrogens is 488 g/mol. The Hall–Kier alpha value is -3.76. The van der Waals surface area contributed by atoms with Gasteiger partial charge in [0.1, 0.15) is 18.1 Å². The first-order valence-corrected chi connectivity index (χ1v) is 11.8. The van der Waals surface area contributed by atoms with E-state index in [1.54, 1.807) is 0 Å². The lowest BCUT2D eigenvalue weighted by Crippen LogP contribution is -2.57. The molecule has 0 bridgehead atoms. The molecule has 1 heterocycles. The number of nitrogens with two attached hydrogens (primary N) is 4. The van der Waals surface area contributed by atoms with E-state index in [0.717, 1.165) is 0 Å². The number of guanidine groups is 1. The number of amides is 3. The number of hydrogen-bond acceptors (Lipinski definition) is 9. The second-order valence-corrected chi connectivity index (χ2v) is 8.33. The van der Waals surface area contributed by atoms with Gasteiger partial charge >= 0.3 is 5.97 Å². The molecule has 1 rings (SSSR count). The van der Waals surface area contributed by atoms with Crippen molar-refractivity contribution in [1.29, 1.82) is 0 Å². The number of aliphatic hydroxyl groups excluding tert-OH is 1. The Morgan fingerprint density at radius 1 is 0.973 bits per heavy atom. The number of H-pyrrole nitrogens is 1. The summed E-state index contributed by atoms with van der Waals surface area (Å²) < 4.78 is 0. The Morgan fingerprint density at radius 2 is 1.57 bits per heavy atom. The van der Waals surface area contributed by atoms with Gasteiger partial charge in [0.05, 0.1) is 19.0 Å². The number of aliphatic hydroxyl groups is 1. The van der Waals surface area contributed by atoms with Gasteiger partial charge in [-0.05, 0) is 38.6 Å². The van der Waals surface area contributed by atoms with Crippen molar-refractivity contribution in [3.63, 3.8) is 0 Å². The van der Waals surface area contributed by atoms with Gasteiger partial charge in [-0.25, -0.2) is 9.78 Å². The van der Waals surface area contributed by atoms with Crippen LogP contribution in [0.3, 0.4) is 0 Å². The largest absolute Gasteiger partial charge is 0.480 e. The van der Waals surface area contributed by atoms with Crippen molar-refractivity contribution in [2.75, 3.05) is 19.7 Å². The van der Waals surface area contributed by atoms with Crippen LogP contribution in [0.5, 0.6) is 0 Å². The molecule has 3 amide bonds. The summed E-state index contributed by atoms with van der Waals surface area (Å²) in [6.45, 7) is -0.305. The number of aliphatic imine (C=N–C) groups is 1. The number of carboxylic acids is 1. The Labute approximate surface area is 214 Å². The number of hydrogen-bond donors (Lipinski definition) is 10. The maximum Gasteiger partial charge on any atom is 0.328 e. The van der Waals surface area contributed by atoms with Crippen molar-refractivity contribution in [1.82, 2.24) is 25.9 Å². The zero-order chi connectivity index (χ0) is 27.8. The summed E-state index contributed by atoms with van der Waals surface area (Å²) in [5, 5.41) is 25.7. The maximum atomic E-state index is 13.1. The van der Waals surface area contributed by atoms with Crippen LogP contribution < -0.4 is 38.9 Å². The van der Waals surface area contributed by atoms with Crippen molar-refractivity contribution < 1.29 is 29.4 Å². The number of unbranched alkanes of at least 4 members (excludes halogenated alkanes) is 1. The van der Waals surface area contributed by atoms with Gasteiger partial charge in [0, 0.05) is 24.9 Å². The Bertz CT molecular complexity index is 890. The van der Waals surface area contributed by atoms with Gasteiger partial charge in [-0.15, -0.1) is 0 Å². The lowest BCUT2D eigenvalue weighted by molar-refractivity contribution is -0.143. The fourth-order valence-corrected chi connectivity index (χ4v) is 3.27. The summed E-state index contributed by atoms with van der Waals surface area (Å²) in [5.74, 6) is -3.67. The molecule has 0 aliphatic carbocycles. The van der Waals surface area contributed by atoms with Gasteiger partial charge in [-0.1, -0.05) is 0 Å². The first kappa shape index (κ1) is 31.3. The van der Waals surface area contributed by atoms with Gasteiger partial charge < -0.3 is 54.1 Å². The van der Waals surface area contributed by atoms with Crippen molar-refractivity contribution in [3.8, 4) is 0 Å². The summed E-state index contributed by atoms with van der Waals surface area (Å²) in [7, 11) is 0. The molecule has 0 radical (unpaired) electrons. The van der Waals surface area contributed by atoms with Gasteiger partial charge in [0.2, 0.25) is 17.7 Å². The molecule has 0 aliphatic rings. The minimum atomic E-state index is -1.56. The number of nitrogens with one attached hydrogen (secondary N) is 4. The van der Waals surface area contributed by atoms with Crippen molar-refractivity contribution >= 4 is 29.7 Å². The van der Waals surface area contributed by atoms with Crippen molar-refractivity contribution in [3.05, 3.63) is 18.2 Å². The monoisotopic (exact) mass is 526 g/mol. The third kappa shape index (κ3) is 12.2. The fourth-order valence-electron chi connectivity index (χ4n) is 3.27. The summed E-state index contributed by atoms with van der Waals surface area (Å²) in [6, 6.07) is -4.76. The summed E-state index contributed by atoms with van der Waals surface area (Å²) in [5.41, 5.74) is 22.8. The number of carbonyl (C=O) groups excluding carboxylic acids is 3. The highest BCUT2D eigenvalue weighted by Gasteiger charge is 2.30. The molecule has 0 saturated heterocycles. The van der Waals surface area contributed by atoms with Crippen LogP contribution in [0.4, 0.5) is 0 Å². The molecule has 1 aromatic rings. The summed E-state index contributed by atoms with van der Waals surface area (Å²) in [6.07, 6.45) is 4.80. The highest BCUT2D eigenvalue weighted by atomic mass is 16.4. The fraction of sp³-hybridized carbons (Fsp3) is 0.619. The number of carbonyl (C=O) groups is 4. The van der Waals surface area contributed by atoms with Gasteiger partial charge in [-0.2, -0.15) is 0 Å². The van der Waals surface area contributed by atoms with E-state index in [1.807, 2.05) is 0 Å². The molecule has 1 aromatic heterocycles. The van der Waals surface area contributed by atoms with E-state index in [2.05, 4.69) is 30.9 Å². The SMILES string of the molecule is NCCCCC(NC(=O)C(N)Cc1cnc[nH]1)C(=O)NC(CCCN=C(N)N)C(=O)NC(CO)C(=O)O. The summed E-state index contributed by atoms with van der Waals surface area (Å²) >= 11 is 0. The third-order valence-corrected chi connectivity index (χ3v) is 5.29. The predicted octanol–water partition coefficient (Wildman–Crippen LogP) is -4.01. The van der Waals surface area contributed by atoms with E-state index in [4.69, 9.17) is 28.0 Å². The maximum absolute atomic E-state index is 13.1. The molecule has 0 aliphatic heterocycles. The van der Waals surface area contributed by atoms with E-state index < -0.39 is 54.5 Å². The van der Waals surface area contributed by atoms with Crippen molar-refractivity contribution in [2.45, 2.75) is 62.7 Å². The Morgan fingerprint density at radius 3 is 2.08 bits per heavy atom. The Balaban J connectivity index is 2.96. The lowest BCUT2D eigenvalue weighted by Gasteiger charge is -2.25. The van der Waals surface area contributed by atoms with Gasteiger partial charge in [0.25, 0.3) is 0 Å². The first-order valence-electron chi connectivity index (χ1n) is 11.8. The number of aromatic amines is 1. The number of rotatable bonds is 18. The average molecular weight is 527 g/mol. The topological polar surface area (TPSA) is 290 Å². The molecule has 37 heavy (non-hydrogen) atoms. The third-order valence-electron chi connectivity index (χ3n) is 5.29. The standard InChI is InChI=1S/C21H38N10O6/c22-6-2-1-4-14(29-17(33)13(23)8-12-9-26-11-28-12)18(34)30-15(5-3-7-27-21(24)25)19(35)31-16(10-32)20(36)37/h9,11,13-16,32H,1-8,10,22-23H2,(H,26,28)(H,29,33)(H,30,34)(H,31,35)(H,36,37)(H4,24,25,27). The van der Waals surface area contributed by atoms with Crippen molar-refractivity contribution in [2.24, 2.45) is 27.9 Å². The quantitative estimate of drug-likeness (QED) is 0.0499. The average Bonchev–Trinajstić information content (AvgIpc) is 3.36. The normalized spacial score (nSPS) is 14.0. The zero-order valence-corrected chi connectivity index (χ0v) is 20.6. The first-order chi connectivity index (χ1) is 17.6. The highest BCUT2D eigenvalue weighted by Crippen LogP contribution is 2.06. The molecule has 16 heteroatoms. The van der Waals surface area contributed by atoms with Crippen LogP contribution in [0.2, 0.25) is 0 Å². The second kappa shape index (κ2) is 16.8. The van der Waals surface area contributed by atoms with Gasteiger partial charge in [0.15, 0.2) is 5.96 Å². The predicted molar refractivity (Wildman–Crippen MR) is 134 cm³/mol. The van der Waals surface area contributed by atoms with Crippen LogP contribution in [-0.2, 0) is 25.6 Å². The molecule has 0 saturated carbocycles. The molecule has 16 nitrogen and oxygen atoms in total. The molecule has 0 spiro atoms. The number of aromatic nitrogens is 2.